The van der Waals surface area contributed by atoms with Gasteiger partial charge in [0.1, 0.15) is 5.75 Å². The number of rotatable bonds is 6. The van der Waals surface area contributed by atoms with E-state index in [9.17, 15) is 0 Å². The van der Waals surface area contributed by atoms with Crippen molar-refractivity contribution in [2.45, 2.75) is 6.54 Å². The van der Waals surface area contributed by atoms with Crippen LogP contribution in [0, 0.1) is 0 Å². The van der Waals surface area contributed by atoms with Crippen LogP contribution >= 0.6 is 0 Å². The Balaban J connectivity index is 1.44. The smallest absolute Gasteiger partial charge is 0.247 e. The highest BCUT2D eigenvalue weighted by atomic mass is 16.5. The van der Waals surface area contributed by atoms with Gasteiger partial charge in [-0.3, -0.25) is 0 Å². The molecule has 1 aliphatic rings. The Bertz CT molecular complexity index is 873. The molecular formula is C20H22N4O3. The van der Waals surface area contributed by atoms with Gasteiger partial charge in [-0.05, 0) is 36.4 Å². The number of hydrogen-bond acceptors (Lipinski definition) is 7. The summed E-state index contributed by atoms with van der Waals surface area (Å²) >= 11 is 0. The van der Waals surface area contributed by atoms with Gasteiger partial charge in [0.25, 0.3) is 0 Å². The fourth-order valence-electron chi connectivity index (χ4n) is 3.05. The van der Waals surface area contributed by atoms with Gasteiger partial charge in [0.2, 0.25) is 11.8 Å². The molecule has 140 valence electrons. The quantitative estimate of drug-likeness (QED) is 0.718. The number of methoxy groups -OCH3 is 1. The van der Waals surface area contributed by atoms with Crippen LogP contribution in [0.2, 0.25) is 0 Å². The highest BCUT2D eigenvalue weighted by Crippen LogP contribution is 2.27. The third-order valence-corrected chi connectivity index (χ3v) is 4.49. The normalized spacial score (nSPS) is 14.2. The second-order valence-corrected chi connectivity index (χ2v) is 6.20. The predicted molar refractivity (Wildman–Crippen MR) is 103 cm³/mol. The summed E-state index contributed by atoms with van der Waals surface area (Å²) in [7, 11) is 1.64. The number of para-hydroxylation sites is 2. The fourth-order valence-corrected chi connectivity index (χ4v) is 3.05. The monoisotopic (exact) mass is 366 g/mol. The molecule has 7 heteroatoms. The first kappa shape index (κ1) is 17.4. The summed E-state index contributed by atoms with van der Waals surface area (Å²) in [4.78, 5) is 2.32. The Morgan fingerprint density at radius 3 is 2.59 bits per heavy atom. The zero-order chi connectivity index (χ0) is 18.5. The predicted octanol–water partition coefficient (Wildman–Crippen LogP) is 3.19. The minimum Gasteiger partial charge on any atom is -0.497 e. The van der Waals surface area contributed by atoms with E-state index in [-0.39, 0.29) is 0 Å². The van der Waals surface area contributed by atoms with E-state index in [1.807, 2.05) is 36.4 Å². The summed E-state index contributed by atoms with van der Waals surface area (Å²) in [6.07, 6.45) is 0. The van der Waals surface area contributed by atoms with Gasteiger partial charge >= 0.3 is 0 Å². The number of benzene rings is 2. The molecule has 1 aliphatic heterocycles. The van der Waals surface area contributed by atoms with E-state index < -0.39 is 0 Å². The lowest BCUT2D eigenvalue weighted by atomic mass is 10.2. The van der Waals surface area contributed by atoms with Crippen LogP contribution < -0.4 is 15.0 Å². The Labute approximate surface area is 157 Å². The Kier molecular flexibility index (Phi) is 5.20. The molecule has 3 aromatic rings. The first-order valence-corrected chi connectivity index (χ1v) is 8.96. The maximum atomic E-state index is 5.79. The number of aromatic nitrogens is 2. The third-order valence-electron chi connectivity index (χ3n) is 4.49. The lowest BCUT2D eigenvalue weighted by molar-refractivity contribution is 0.123. The van der Waals surface area contributed by atoms with Crippen molar-refractivity contribution in [3.8, 4) is 17.2 Å². The van der Waals surface area contributed by atoms with Gasteiger partial charge in [-0.25, -0.2) is 0 Å². The maximum Gasteiger partial charge on any atom is 0.247 e. The van der Waals surface area contributed by atoms with E-state index in [0.717, 1.165) is 49.0 Å². The van der Waals surface area contributed by atoms with E-state index in [1.165, 1.54) is 0 Å². The summed E-state index contributed by atoms with van der Waals surface area (Å²) in [6, 6.07) is 15.8. The minimum atomic E-state index is 0.463. The largest absolute Gasteiger partial charge is 0.497 e. The van der Waals surface area contributed by atoms with Gasteiger partial charge in [-0.2, -0.15) is 0 Å². The van der Waals surface area contributed by atoms with Crippen LogP contribution in [0.4, 0.5) is 11.4 Å². The zero-order valence-corrected chi connectivity index (χ0v) is 15.2. The standard InChI is InChI=1S/C20H22N4O3/c1-25-16-8-6-15(7-9-16)20-23-22-19(27-20)14-21-17-4-2-3-5-18(17)24-10-12-26-13-11-24/h2-9,21H,10-14H2,1H3. The molecular weight excluding hydrogens is 344 g/mol. The second kappa shape index (κ2) is 8.09. The van der Waals surface area contributed by atoms with Gasteiger partial charge in [-0.1, -0.05) is 12.1 Å². The van der Waals surface area contributed by atoms with Gasteiger partial charge in [0, 0.05) is 18.7 Å². The lowest BCUT2D eigenvalue weighted by Gasteiger charge is -2.30. The van der Waals surface area contributed by atoms with Crippen molar-refractivity contribution in [2.24, 2.45) is 0 Å². The van der Waals surface area contributed by atoms with E-state index >= 15 is 0 Å². The Morgan fingerprint density at radius 1 is 1.04 bits per heavy atom. The number of nitrogens with one attached hydrogen (secondary N) is 1. The van der Waals surface area contributed by atoms with Gasteiger partial charge in [-0.15, -0.1) is 10.2 Å². The molecule has 1 N–H and O–H groups in total. The lowest BCUT2D eigenvalue weighted by Crippen LogP contribution is -2.36. The van der Waals surface area contributed by atoms with Crippen LogP contribution in [-0.2, 0) is 11.3 Å². The molecule has 0 unspecified atom stereocenters. The van der Waals surface area contributed by atoms with Crippen molar-refractivity contribution in [3.63, 3.8) is 0 Å². The zero-order valence-electron chi connectivity index (χ0n) is 15.2. The molecule has 0 saturated carbocycles. The SMILES string of the molecule is COc1ccc(-c2nnc(CNc3ccccc3N3CCOCC3)o2)cc1. The molecule has 0 bridgehead atoms. The maximum absolute atomic E-state index is 5.79. The highest BCUT2D eigenvalue weighted by molar-refractivity contribution is 5.70. The molecule has 0 spiro atoms. The topological polar surface area (TPSA) is 72.7 Å². The number of morpholine rings is 1. The average Bonchev–Trinajstić information content (AvgIpc) is 3.22. The Hall–Kier alpha value is -3.06. The molecule has 4 rings (SSSR count). The van der Waals surface area contributed by atoms with Gasteiger partial charge in [0.05, 0.1) is 38.2 Å². The second-order valence-electron chi connectivity index (χ2n) is 6.20. The van der Waals surface area contributed by atoms with Crippen LogP contribution in [0.3, 0.4) is 0 Å². The number of ether oxygens (including phenoxy) is 2. The van der Waals surface area contributed by atoms with E-state index in [0.29, 0.717) is 18.3 Å². The molecule has 27 heavy (non-hydrogen) atoms. The molecule has 1 saturated heterocycles. The van der Waals surface area contributed by atoms with Crippen molar-refractivity contribution >= 4 is 11.4 Å². The molecule has 1 fully saturated rings. The number of anilines is 2. The van der Waals surface area contributed by atoms with Crippen molar-refractivity contribution in [3.05, 3.63) is 54.4 Å². The van der Waals surface area contributed by atoms with E-state index in [4.69, 9.17) is 13.9 Å². The minimum absolute atomic E-state index is 0.463. The van der Waals surface area contributed by atoms with E-state index in [2.05, 4.69) is 32.5 Å². The molecule has 0 atom stereocenters. The summed E-state index contributed by atoms with van der Waals surface area (Å²) in [5.74, 6) is 1.83. The number of nitrogens with zero attached hydrogens (tertiary/aromatic N) is 3. The van der Waals surface area contributed by atoms with Crippen molar-refractivity contribution in [1.29, 1.82) is 0 Å². The highest BCUT2D eigenvalue weighted by Gasteiger charge is 2.15. The Morgan fingerprint density at radius 2 is 1.81 bits per heavy atom. The summed E-state index contributed by atoms with van der Waals surface area (Å²) in [5.41, 5.74) is 3.07. The first-order chi connectivity index (χ1) is 13.3. The molecule has 2 heterocycles. The summed E-state index contributed by atoms with van der Waals surface area (Å²) in [5, 5.41) is 11.7. The third kappa shape index (κ3) is 4.03. The summed E-state index contributed by atoms with van der Waals surface area (Å²) in [6.45, 7) is 3.75. The van der Waals surface area contributed by atoms with Crippen molar-refractivity contribution < 1.29 is 13.9 Å². The van der Waals surface area contributed by atoms with Crippen LogP contribution in [0.5, 0.6) is 5.75 Å². The van der Waals surface area contributed by atoms with Crippen LogP contribution in [-0.4, -0.2) is 43.6 Å². The van der Waals surface area contributed by atoms with Gasteiger partial charge in [0.15, 0.2) is 0 Å². The number of hydrogen-bond donors (Lipinski definition) is 1. The molecule has 7 nitrogen and oxygen atoms in total. The van der Waals surface area contributed by atoms with Crippen LogP contribution in [0.15, 0.2) is 52.9 Å². The molecule has 0 amide bonds. The molecule has 0 aliphatic carbocycles. The van der Waals surface area contributed by atoms with Gasteiger partial charge < -0.3 is 24.1 Å². The summed E-state index contributed by atoms with van der Waals surface area (Å²) < 4.78 is 16.4. The van der Waals surface area contributed by atoms with Crippen LogP contribution in [0.25, 0.3) is 11.5 Å². The first-order valence-electron chi connectivity index (χ1n) is 8.96. The average molecular weight is 366 g/mol. The van der Waals surface area contributed by atoms with Crippen LogP contribution in [0.1, 0.15) is 5.89 Å². The van der Waals surface area contributed by atoms with Crippen molar-refractivity contribution in [1.82, 2.24) is 10.2 Å². The van der Waals surface area contributed by atoms with E-state index in [1.54, 1.807) is 7.11 Å². The fraction of sp³-hybridized carbons (Fsp3) is 0.300. The van der Waals surface area contributed by atoms with Crippen molar-refractivity contribution in [2.75, 3.05) is 43.6 Å². The molecule has 0 radical (unpaired) electrons. The molecule has 1 aromatic heterocycles. The molecule has 2 aromatic carbocycles.